The fourth-order valence-corrected chi connectivity index (χ4v) is 2.81. The minimum absolute atomic E-state index is 0. The molecule has 1 aliphatic rings. The lowest BCUT2D eigenvalue weighted by atomic mass is 9.93. The molecule has 1 heterocycles. The molecule has 1 fully saturated rings. The molecule has 1 saturated heterocycles. The topological polar surface area (TPSA) is 70.2 Å². The molecule has 0 aromatic heterocycles. The highest BCUT2D eigenvalue weighted by Gasteiger charge is 2.38. The zero-order chi connectivity index (χ0) is 16.9. The van der Waals surface area contributed by atoms with Gasteiger partial charge in [0.15, 0.2) is 0 Å². The monoisotopic (exact) mass is 353 g/mol. The fourth-order valence-electron chi connectivity index (χ4n) is 2.81. The number of anilines is 1. The number of carbonyl (C=O) groups excluding carboxylic acids is 2. The van der Waals surface area contributed by atoms with Gasteiger partial charge in [-0.3, -0.25) is 9.59 Å². The molecule has 134 valence electrons. The van der Waals surface area contributed by atoms with E-state index in [0.717, 1.165) is 37.1 Å². The van der Waals surface area contributed by atoms with Crippen LogP contribution in [0.4, 0.5) is 5.69 Å². The van der Waals surface area contributed by atoms with Gasteiger partial charge in [0.25, 0.3) is 0 Å². The number of rotatable bonds is 6. The first-order valence-electron chi connectivity index (χ1n) is 8.40. The van der Waals surface area contributed by atoms with Gasteiger partial charge < -0.3 is 16.0 Å². The number of hydrogen-bond acceptors (Lipinski definition) is 3. The average molecular weight is 354 g/mol. The molecule has 1 aliphatic heterocycles. The molecule has 0 saturated carbocycles. The van der Waals surface area contributed by atoms with E-state index in [1.807, 2.05) is 45.0 Å². The predicted octanol–water partition coefficient (Wildman–Crippen LogP) is 2.85. The third-order valence-electron chi connectivity index (χ3n) is 4.48. The van der Waals surface area contributed by atoms with Gasteiger partial charge in [-0.1, -0.05) is 32.9 Å². The average Bonchev–Trinajstić information content (AvgIpc) is 3.04. The second kappa shape index (κ2) is 9.04. The summed E-state index contributed by atoms with van der Waals surface area (Å²) < 4.78 is 0. The lowest BCUT2D eigenvalue weighted by molar-refractivity contribution is -0.127. The standard InChI is InChI=1S/C18H27N3O2.ClH/c1-4-18(10-5-11-20-18)17(23)19-12-14-6-8-15(9-7-14)21-16(22)13(2)3;/h6-9,13,20H,4-5,10-12H2,1-3H3,(H,19,23)(H,21,22);1H. The Bertz CT molecular complexity index is 552. The van der Waals surface area contributed by atoms with Crippen LogP contribution in [0.2, 0.25) is 0 Å². The summed E-state index contributed by atoms with van der Waals surface area (Å²) in [7, 11) is 0. The first kappa shape index (κ1) is 20.5. The summed E-state index contributed by atoms with van der Waals surface area (Å²) in [4.78, 5) is 24.1. The van der Waals surface area contributed by atoms with E-state index >= 15 is 0 Å². The van der Waals surface area contributed by atoms with E-state index in [1.54, 1.807) is 0 Å². The lowest BCUT2D eigenvalue weighted by Gasteiger charge is -2.26. The maximum absolute atomic E-state index is 12.4. The lowest BCUT2D eigenvalue weighted by Crippen LogP contribution is -2.52. The molecule has 2 amide bonds. The Kier molecular flexibility index (Phi) is 7.70. The van der Waals surface area contributed by atoms with Crippen molar-refractivity contribution in [2.75, 3.05) is 11.9 Å². The summed E-state index contributed by atoms with van der Waals surface area (Å²) in [6.45, 7) is 7.18. The van der Waals surface area contributed by atoms with E-state index in [-0.39, 0.29) is 30.1 Å². The normalized spacial score (nSPS) is 19.7. The van der Waals surface area contributed by atoms with Gasteiger partial charge in [0.1, 0.15) is 0 Å². The van der Waals surface area contributed by atoms with Crippen molar-refractivity contribution in [3.05, 3.63) is 29.8 Å². The van der Waals surface area contributed by atoms with Crippen LogP contribution in [0.1, 0.15) is 45.6 Å². The van der Waals surface area contributed by atoms with Crippen molar-refractivity contribution in [1.29, 1.82) is 0 Å². The summed E-state index contributed by atoms with van der Waals surface area (Å²) in [5, 5.41) is 9.22. The van der Waals surface area contributed by atoms with Crippen LogP contribution < -0.4 is 16.0 Å². The van der Waals surface area contributed by atoms with E-state index in [9.17, 15) is 9.59 Å². The molecule has 5 nitrogen and oxygen atoms in total. The second-order valence-corrected chi connectivity index (χ2v) is 6.49. The van der Waals surface area contributed by atoms with E-state index < -0.39 is 5.54 Å². The van der Waals surface area contributed by atoms with Gasteiger partial charge in [0.2, 0.25) is 11.8 Å². The Balaban J connectivity index is 0.00000288. The summed E-state index contributed by atoms with van der Waals surface area (Å²) in [5.74, 6) is 0.0380. The van der Waals surface area contributed by atoms with Crippen LogP contribution in [-0.2, 0) is 16.1 Å². The Morgan fingerprint density at radius 2 is 1.92 bits per heavy atom. The molecule has 0 bridgehead atoms. The van der Waals surface area contributed by atoms with Crippen LogP contribution in [0.15, 0.2) is 24.3 Å². The first-order chi connectivity index (χ1) is 11.0. The second-order valence-electron chi connectivity index (χ2n) is 6.49. The number of nitrogens with one attached hydrogen (secondary N) is 3. The van der Waals surface area contributed by atoms with E-state index in [4.69, 9.17) is 0 Å². The summed E-state index contributed by atoms with van der Waals surface area (Å²) >= 11 is 0. The molecule has 0 aliphatic carbocycles. The predicted molar refractivity (Wildman–Crippen MR) is 99.3 cm³/mol. The van der Waals surface area contributed by atoms with Crippen LogP contribution in [0.3, 0.4) is 0 Å². The van der Waals surface area contributed by atoms with Crippen molar-refractivity contribution in [2.24, 2.45) is 5.92 Å². The minimum Gasteiger partial charge on any atom is -0.350 e. The molecule has 3 N–H and O–H groups in total. The van der Waals surface area contributed by atoms with Crippen LogP contribution in [0, 0.1) is 5.92 Å². The quantitative estimate of drug-likeness (QED) is 0.736. The smallest absolute Gasteiger partial charge is 0.240 e. The van der Waals surface area contributed by atoms with Gasteiger partial charge in [-0.15, -0.1) is 12.4 Å². The van der Waals surface area contributed by atoms with E-state index in [0.29, 0.717) is 6.54 Å². The molecular weight excluding hydrogens is 326 g/mol. The van der Waals surface area contributed by atoms with Crippen molar-refractivity contribution in [3.8, 4) is 0 Å². The van der Waals surface area contributed by atoms with Crippen molar-refractivity contribution < 1.29 is 9.59 Å². The van der Waals surface area contributed by atoms with Gasteiger partial charge in [0, 0.05) is 18.2 Å². The minimum atomic E-state index is -0.398. The number of hydrogen-bond donors (Lipinski definition) is 3. The largest absolute Gasteiger partial charge is 0.350 e. The summed E-state index contributed by atoms with van der Waals surface area (Å²) in [6.07, 6.45) is 2.75. The first-order valence-corrected chi connectivity index (χ1v) is 8.40. The van der Waals surface area contributed by atoms with Crippen molar-refractivity contribution in [2.45, 2.75) is 52.1 Å². The number of benzene rings is 1. The Morgan fingerprint density at radius 3 is 2.42 bits per heavy atom. The van der Waals surface area contributed by atoms with Crippen LogP contribution in [0.25, 0.3) is 0 Å². The number of amides is 2. The van der Waals surface area contributed by atoms with Gasteiger partial charge in [0.05, 0.1) is 5.54 Å². The van der Waals surface area contributed by atoms with Crippen molar-refractivity contribution in [3.63, 3.8) is 0 Å². The Morgan fingerprint density at radius 1 is 1.25 bits per heavy atom. The van der Waals surface area contributed by atoms with Gasteiger partial charge in [-0.05, 0) is 43.5 Å². The molecule has 24 heavy (non-hydrogen) atoms. The third-order valence-corrected chi connectivity index (χ3v) is 4.48. The summed E-state index contributed by atoms with van der Waals surface area (Å²) in [6, 6.07) is 7.59. The molecule has 1 atom stereocenters. The highest BCUT2D eigenvalue weighted by molar-refractivity contribution is 5.92. The summed E-state index contributed by atoms with van der Waals surface area (Å²) in [5.41, 5.74) is 1.40. The number of carbonyl (C=O) groups is 2. The molecule has 2 rings (SSSR count). The molecule has 1 aromatic rings. The highest BCUT2D eigenvalue weighted by atomic mass is 35.5. The SMILES string of the molecule is CCC1(C(=O)NCc2ccc(NC(=O)C(C)C)cc2)CCCN1.Cl. The molecular formula is C18H28ClN3O2. The molecule has 0 spiro atoms. The van der Waals surface area contributed by atoms with E-state index in [2.05, 4.69) is 16.0 Å². The Hall–Kier alpha value is -1.59. The van der Waals surface area contributed by atoms with Crippen LogP contribution >= 0.6 is 12.4 Å². The molecule has 6 heteroatoms. The fraction of sp³-hybridized carbons (Fsp3) is 0.556. The maximum Gasteiger partial charge on any atom is 0.240 e. The highest BCUT2D eigenvalue weighted by Crippen LogP contribution is 2.23. The van der Waals surface area contributed by atoms with Gasteiger partial charge >= 0.3 is 0 Å². The molecule has 0 radical (unpaired) electrons. The van der Waals surface area contributed by atoms with Crippen LogP contribution in [0.5, 0.6) is 0 Å². The molecule has 1 unspecified atom stereocenters. The van der Waals surface area contributed by atoms with E-state index in [1.165, 1.54) is 0 Å². The van der Waals surface area contributed by atoms with Crippen LogP contribution in [-0.4, -0.2) is 23.9 Å². The van der Waals surface area contributed by atoms with Crippen molar-refractivity contribution in [1.82, 2.24) is 10.6 Å². The zero-order valence-corrected chi connectivity index (χ0v) is 15.5. The molecule has 1 aromatic carbocycles. The van der Waals surface area contributed by atoms with Crippen molar-refractivity contribution >= 4 is 29.9 Å². The maximum atomic E-state index is 12.4. The number of halogens is 1. The van der Waals surface area contributed by atoms with Gasteiger partial charge in [-0.2, -0.15) is 0 Å². The Labute approximate surface area is 150 Å². The zero-order valence-electron chi connectivity index (χ0n) is 14.6. The van der Waals surface area contributed by atoms with Gasteiger partial charge in [-0.25, -0.2) is 0 Å². The third kappa shape index (κ3) is 4.95.